The van der Waals surface area contributed by atoms with Crippen molar-refractivity contribution in [2.45, 2.75) is 6.92 Å². The zero-order valence-corrected chi connectivity index (χ0v) is 5.74. The SMILES string of the molecule is CN=C(Cl)C(C)=CN. The van der Waals surface area contributed by atoms with E-state index in [0.29, 0.717) is 5.17 Å². The van der Waals surface area contributed by atoms with Gasteiger partial charge in [0.05, 0.1) is 0 Å². The second kappa shape index (κ2) is 3.50. The third kappa shape index (κ3) is 1.98. The van der Waals surface area contributed by atoms with Crippen LogP contribution < -0.4 is 5.73 Å². The molecule has 2 N–H and O–H groups in total. The molecule has 0 fully saturated rings. The zero-order valence-electron chi connectivity index (χ0n) is 4.98. The van der Waals surface area contributed by atoms with Crippen LogP contribution in [0.2, 0.25) is 0 Å². The Kier molecular flexibility index (Phi) is 3.28. The minimum Gasteiger partial charge on any atom is -0.404 e. The lowest BCUT2D eigenvalue weighted by atomic mass is 10.4. The monoisotopic (exact) mass is 132 g/mol. The molecule has 0 bridgehead atoms. The summed E-state index contributed by atoms with van der Waals surface area (Å²) in [5.74, 6) is 0. The Morgan fingerprint density at radius 2 is 2.25 bits per heavy atom. The van der Waals surface area contributed by atoms with Crippen molar-refractivity contribution in [3.8, 4) is 0 Å². The number of nitrogens with zero attached hydrogens (tertiary/aromatic N) is 1. The molecule has 0 unspecified atom stereocenters. The van der Waals surface area contributed by atoms with Gasteiger partial charge in [0, 0.05) is 12.6 Å². The van der Waals surface area contributed by atoms with Gasteiger partial charge < -0.3 is 5.73 Å². The van der Waals surface area contributed by atoms with Gasteiger partial charge in [-0.1, -0.05) is 11.6 Å². The Balaban J connectivity index is 4.04. The first-order chi connectivity index (χ1) is 3.72. The topological polar surface area (TPSA) is 38.4 Å². The van der Waals surface area contributed by atoms with Gasteiger partial charge in [-0.2, -0.15) is 0 Å². The van der Waals surface area contributed by atoms with Crippen LogP contribution in [0.1, 0.15) is 6.92 Å². The molecule has 0 saturated heterocycles. The Bertz CT molecular complexity index is 110. The summed E-state index contributed by atoms with van der Waals surface area (Å²) >= 11 is 5.52. The molecule has 0 saturated carbocycles. The molecule has 46 valence electrons. The van der Waals surface area contributed by atoms with Gasteiger partial charge in [-0.05, 0) is 13.1 Å². The summed E-state index contributed by atoms with van der Waals surface area (Å²) in [5.41, 5.74) is 5.92. The Hall–Kier alpha value is -0.500. The third-order valence-electron chi connectivity index (χ3n) is 0.772. The molecule has 0 rings (SSSR count). The van der Waals surface area contributed by atoms with Crippen molar-refractivity contribution >= 4 is 16.8 Å². The van der Waals surface area contributed by atoms with Gasteiger partial charge in [-0.25, -0.2) is 0 Å². The van der Waals surface area contributed by atoms with Crippen molar-refractivity contribution in [3.63, 3.8) is 0 Å². The summed E-state index contributed by atoms with van der Waals surface area (Å²) in [5, 5.41) is 0.465. The first-order valence-electron chi connectivity index (χ1n) is 2.23. The van der Waals surface area contributed by atoms with Crippen molar-refractivity contribution in [2.75, 3.05) is 7.05 Å². The Labute approximate surface area is 54.0 Å². The molecule has 0 atom stereocenters. The smallest absolute Gasteiger partial charge is 0.127 e. The van der Waals surface area contributed by atoms with Crippen LogP contribution in [0.5, 0.6) is 0 Å². The summed E-state index contributed by atoms with van der Waals surface area (Å²) in [6, 6.07) is 0. The van der Waals surface area contributed by atoms with Crippen molar-refractivity contribution in [2.24, 2.45) is 10.7 Å². The molecule has 2 nitrogen and oxygen atoms in total. The molecule has 0 aliphatic heterocycles. The number of hydrogen-bond donors (Lipinski definition) is 1. The second-order valence-corrected chi connectivity index (χ2v) is 1.72. The molecule has 0 aromatic carbocycles. The molecule has 0 aromatic heterocycles. The molecule has 0 heterocycles. The highest BCUT2D eigenvalue weighted by atomic mass is 35.5. The molecular formula is C5H9ClN2. The van der Waals surface area contributed by atoms with Crippen molar-refractivity contribution in [1.82, 2.24) is 0 Å². The Morgan fingerprint density at radius 3 is 2.38 bits per heavy atom. The maximum Gasteiger partial charge on any atom is 0.127 e. The lowest BCUT2D eigenvalue weighted by Gasteiger charge is -1.90. The quantitative estimate of drug-likeness (QED) is 0.534. The van der Waals surface area contributed by atoms with Gasteiger partial charge in [-0.15, -0.1) is 0 Å². The molecule has 0 amide bonds. The molecule has 0 radical (unpaired) electrons. The third-order valence-corrected chi connectivity index (χ3v) is 1.24. The fourth-order valence-corrected chi connectivity index (χ4v) is 0.308. The normalized spacial score (nSPS) is 14.4. The number of nitrogens with two attached hydrogens (primary N) is 1. The van der Waals surface area contributed by atoms with Gasteiger partial charge >= 0.3 is 0 Å². The summed E-state index contributed by atoms with van der Waals surface area (Å²) in [6.45, 7) is 1.80. The first kappa shape index (κ1) is 7.50. The average Bonchev–Trinajstić information content (AvgIpc) is 1.84. The first-order valence-corrected chi connectivity index (χ1v) is 2.61. The molecule has 8 heavy (non-hydrogen) atoms. The summed E-state index contributed by atoms with van der Waals surface area (Å²) in [4.78, 5) is 3.69. The van der Waals surface area contributed by atoms with E-state index in [2.05, 4.69) is 4.99 Å². The van der Waals surface area contributed by atoms with Crippen molar-refractivity contribution in [1.29, 1.82) is 0 Å². The second-order valence-electron chi connectivity index (χ2n) is 1.36. The molecule has 0 spiro atoms. The van der Waals surface area contributed by atoms with Gasteiger partial charge in [0.1, 0.15) is 5.17 Å². The minimum atomic E-state index is 0.465. The van der Waals surface area contributed by atoms with E-state index in [1.807, 2.05) is 0 Å². The highest BCUT2D eigenvalue weighted by Crippen LogP contribution is 1.97. The fourth-order valence-electron chi connectivity index (χ4n) is 0.245. The van der Waals surface area contributed by atoms with E-state index < -0.39 is 0 Å². The molecule has 0 aliphatic carbocycles. The van der Waals surface area contributed by atoms with E-state index >= 15 is 0 Å². The summed E-state index contributed by atoms with van der Waals surface area (Å²) in [6.07, 6.45) is 1.43. The van der Waals surface area contributed by atoms with Crippen LogP contribution in [0, 0.1) is 0 Å². The molecule has 0 aliphatic rings. The lowest BCUT2D eigenvalue weighted by Crippen LogP contribution is -1.92. The summed E-state index contributed by atoms with van der Waals surface area (Å²) in [7, 11) is 1.62. The number of halogens is 1. The maximum atomic E-state index is 5.52. The van der Waals surface area contributed by atoms with E-state index in [1.165, 1.54) is 6.20 Å². The molecular weight excluding hydrogens is 124 g/mol. The van der Waals surface area contributed by atoms with E-state index in [4.69, 9.17) is 17.3 Å². The lowest BCUT2D eigenvalue weighted by molar-refractivity contribution is 1.41. The van der Waals surface area contributed by atoms with Crippen LogP contribution in [-0.2, 0) is 0 Å². The van der Waals surface area contributed by atoms with E-state index in [0.717, 1.165) is 5.57 Å². The summed E-state index contributed by atoms with van der Waals surface area (Å²) < 4.78 is 0. The van der Waals surface area contributed by atoms with Gasteiger partial charge in [0.25, 0.3) is 0 Å². The standard InChI is InChI=1S/C5H9ClN2/c1-4(3-7)5(6)8-2/h3H,7H2,1-2H3. The number of allylic oxidation sites excluding steroid dienone is 1. The van der Waals surface area contributed by atoms with E-state index in [-0.39, 0.29) is 0 Å². The zero-order chi connectivity index (χ0) is 6.57. The van der Waals surface area contributed by atoms with Crippen LogP contribution >= 0.6 is 11.6 Å². The largest absolute Gasteiger partial charge is 0.404 e. The minimum absolute atomic E-state index is 0.465. The van der Waals surface area contributed by atoms with Crippen LogP contribution in [0.3, 0.4) is 0 Å². The Morgan fingerprint density at radius 1 is 1.75 bits per heavy atom. The predicted molar refractivity (Wildman–Crippen MR) is 37.2 cm³/mol. The van der Waals surface area contributed by atoms with Crippen LogP contribution in [-0.4, -0.2) is 12.2 Å². The predicted octanol–water partition coefficient (Wildman–Crippen LogP) is 1.12. The highest BCUT2D eigenvalue weighted by Gasteiger charge is 1.90. The van der Waals surface area contributed by atoms with E-state index in [1.54, 1.807) is 14.0 Å². The van der Waals surface area contributed by atoms with Crippen LogP contribution in [0.15, 0.2) is 16.8 Å². The van der Waals surface area contributed by atoms with Crippen LogP contribution in [0.4, 0.5) is 0 Å². The number of aliphatic imine (C=N–C) groups is 1. The van der Waals surface area contributed by atoms with Gasteiger partial charge in [0.2, 0.25) is 0 Å². The fraction of sp³-hybridized carbons (Fsp3) is 0.400. The molecule has 3 heteroatoms. The van der Waals surface area contributed by atoms with Gasteiger partial charge in [0.15, 0.2) is 0 Å². The van der Waals surface area contributed by atoms with Crippen molar-refractivity contribution < 1.29 is 0 Å². The number of hydrogen-bond acceptors (Lipinski definition) is 2. The van der Waals surface area contributed by atoms with Crippen LogP contribution in [0.25, 0.3) is 0 Å². The maximum absolute atomic E-state index is 5.52. The average molecular weight is 133 g/mol. The highest BCUT2D eigenvalue weighted by molar-refractivity contribution is 6.69. The van der Waals surface area contributed by atoms with Crippen molar-refractivity contribution in [3.05, 3.63) is 11.8 Å². The van der Waals surface area contributed by atoms with E-state index in [9.17, 15) is 0 Å². The molecule has 0 aromatic rings. The van der Waals surface area contributed by atoms with Gasteiger partial charge in [-0.3, -0.25) is 4.99 Å². The number of rotatable bonds is 1.